The van der Waals surface area contributed by atoms with Crippen molar-refractivity contribution in [1.29, 1.82) is 0 Å². The van der Waals surface area contributed by atoms with Crippen LogP contribution in [0.1, 0.15) is 31.1 Å². The van der Waals surface area contributed by atoms with Crippen molar-refractivity contribution in [3.05, 3.63) is 60.4 Å². The van der Waals surface area contributed by atoms with E-state index < -0.39 is 0 Å². The Balaban J connectivity index is 1.68. The van der Waals surface area contributed by atoms with Crippen LogP contribution in [0.5, 0.6) is 0 Å². The molecule has 0 atom stereocenters. The molecule has 0 saturated carbocycles. The zero-order valence-electron chi connectivity index (χ0n) is 15.1. The van der Waals surface area contributed by atoms with E-state index >= 15 is 0 Å². The quantitative estimate of drug-likeness (QED) is 0.739. The van der Waals surface area contributed by atoms with Crippen molar-refractivity contribution in [3.63, 3.8) is 0 Å². The van der Waals surface area contributed by atoms with Crippen molar-refractivity contribution in [2.45, 2.75) is 26.8 Å². The minimum absolute atomic E-state index is 0.155. The molecule has 0 unspecified atom stereocenters. The largest absolute Gasteiger partial charge is 0.369 e. The molecule has 1 heterocycles. The first-order chi connectivity index (χ1) is 12.6. The summed E-state index contributed by atoms with van der Waals surface area (Å²) in [7, 11) is 0. The van der Waals surface area contributed by atoms with Crippen molar-refractivity contribution in [1.82, 2.24) is 20.2 Å². The van der Waals surface area contributed by atoms with Crippen molar-refractivity contribution in [3.8, 4) is 5.69 Å². The number of nitrogens with zero attached hydrogens (tertiary/aromatic N) is 5. The number of tetrazole rings is 1. The van der Waals surface area contributed by atoms with Crippen LogP contribution in [0.3, 0.4) is 0 Å². The van der Waals surface area contributed by atoms with Gasteiger partial charge in [-0.25, -0.2) is 4.68 Å². The maximum atomic E-state index is 12.4. The highest BCUT2D eigenvalue weighted by atomic mass is 16.1. The first kappa shape index (κ1) is 17.6. The van der Waals surface area contributed by atoms with Crippen molar-refractivity contribution < 1.29 is 4.79 Å². The van der Waals surface area contributed by atoms with Crippen LogP contribution in [0.2, 0.25) is 0 Å². The summed E-state index contributed by atoms with van der Waals surface area (Å²) in [6, 6.07) is 15.4. The normalized spacial score (nSPS) is 10.8. The maximum Gasteiger partial charge on any atom is 0.255 e. The molecule has 7 nitrogen and oxygen atoms in total. The number of carbonyl (C=O) groups excluding carboxylic acids is 1. The molecular weight excluding hydrogens is 328 g/mol. The van der Waals surface area contributed by atoms with Crippen LogP contribution in [0.15, 0.2) is 54.9 Å². The molecule has 134 valence electrons. The van der Waals surface area contributed by atoms with Gasteiger partial charge in [-0.15, -0.1) is 5.10 Å². The number of nitrogens with one attached hydrogen (secondary N) is 1. The summed E-state index contributed by atoms with van der Waals surface area (Å²) in [5.74, 6) is -0.155. The average Bonchev–Trinajstić information content (AvgIpc) is 3.18. The highest BCUT2D eigenvalue weighted by Gasteiger charge is 2.10. The smallest absolute Gasteiger partial charge is 0.255 e. The molecule has 0 bridgehead atoms. The molecule has 0 spiro atoms. The lowest BCUT2D eigenvalue weighted by molar-refractivity contribution is 0.102. The summed E-state index contributed by atoms with van der Waals surface area (Å²) in [5.41, 5.74) is 3.28. The molecule has 0 aliphatic carbocycles. The van der Waals surface area contributed by atoms with Gasteiger partial charge >= 0.3 is 0 Å². The zero-order chi connectivity index (χ0) is 18.5. The number of amides is 1. The summed E-state index contributed by atoms with van der Waals surface area (Å²) in [6.07, 6.45) is 1.51. The van der Waals surface area contributed by atoms with Gasteiger partial charge in [0.05, 0.1) is 5.69 Å². The molecule has 0 radical (unpaired) electrons. The van der Waals surface area contributed by atoms with Crippen LogP contribution in [0, 0.1) is 0 Å². The number of hydrogen-bond acceptors (Lipinski definition) is 5. The third-order valence-electron chi connectivity index (χ3n) is 4.16. The first-order valence-corrected chi connectivity index (χ1v) is 8.60. The summed E-state index contributed by atoms with van der Waals surface area (Å²) in [5, 5.41) is 13.9. The highest BCUT2D eigenvalue weighted by Crippen LogP contribution is 2.20. The molecule has 1 N–H and O–H groups in total. The molecule has 2 aromatic carbocycles. The topological polar surface area (TPSA) is 75.9 Å². The number of rotatable bonds is 6. The first-order valence-electron chi connectivity index (χ1n) is 8.60. The number of aromatic nitrogens is 4. The fourth-order valence-corrected chi connectivity index (χ4v) is 2.83. The highest BCUT2D eigenvalue weighted by molar-refractivity contribution is 6.04. The van der Waals surface area contributed by atoms with E-state index in [4.69, 9.17) is 0 Å². The van der Waals surface area contributed by atoms with Crippen molar-refractivity contribution >= 4 is 17.3 Å². The van der Waals surface area contributed by atoms with E-state index in [-0.39, 0.29) is 5.91 Å². The monoisotopic (exact) mass is 350 g/mol. The Kier molecular flexibility index (Phi) is 5.26. The average molecular weight is 350 g/mol. The molecule has 1 aromatic heterocycles. The predicted octanol–water partition coefficient (Wildman–Crippen LogP) is 3.15. The number of benzene rings is 2. The van der Waals surface area contributed by atoms with Crippen LogP contribution < -0.4 is 10.2 Å². The second-order valence-corrected chi connectivity index (χ2v) is 6.18. The number of anilines is 2. The molecule has 1 amide bonds. The van der Waals surface area contributed by atoms with Crippen LogP contribution in [0.25, 0.3) is 5.69 Å². The van der Waals surface area contributed by atoms with Gasteiger partial charge < -0.3 is 10.2 Å². The number of hydrogen-bond donors (Lipinski definition) is 1. The number of carbonyl (C=O) groups is 1. The van der Waals surface area contributed by atoms with Crippen LogP contribution >= 0.6 is 0 Å². The van der Waals surface area contributed by atoms with Gasteiger partial charge in [0.25, 0.3) is 5.91 Å². The molecule has 0 saturated heterocycles. The van der Waals surface area contributed by atoms with E-state index in [9.17, 15) is 4.79 Å². The zero-order valence-corrected chi connectivity index (χ0v) is 15.1. The fraction of sp³-hybridized carbons (Fsp3) is 0.263. The van der Waals surface area contributed by atoms with E-state index in [0.717, 1.165) is 23.6 Å². The summed E-state index contributed by atoms with van der Waals surface area (Å²) < 4.78 is 1.54. The van der Waals surface area contributed by atoms with E-state index in [0.29, 0.717) is 11.6 Å². The Labute approximate surface area is 152 Å². The van der Waals surface area contributed by atoms with Gasteiger partial charge in [-0.05, 0) is 79.7 Å². The Morgan fingerprint density at radius 2 is 1.81 bits per heavy atom. The Bertz CT molecular complexity index is 841. The van der Waals surface area contributed by atoms with Crippen molar-refractivity contribution in [2.75, 3.05) is 16.8 Å². The second-order valence-electron chi connectivity index (χ2n) is 6.18. The van der Waals surface area contributed by atoms with Crippen LogP contribution in [-0.4, -0.2) is 38.7 Å². The van der Waals surface area contributed by atoms with Crippen molar-refractivity contribution in [2.24, 2.45) is 0 Å². The van der Waals surface area contributed by atoms with E-state index in [1.165, 1.54) is 11.0 Å². The van der Waals surface area contributed by atoms with Gasteiger partial charge in [0, 0.05) is 29.5 Å². The van der Waals surface area contributed by atoms with Crippen LogP contribution in [-0.2, 0) is 0 Å². The van der Waals surface area contributed by atoms with Gasteiger partial charge in [0.2, 0.25) is 0 Å². The van der Waals surface area contributed by atoms with Gasteiger partial charge in [0.1, 0.15) is 6.33 Å². The lowest BCUT2D eigenvalue weighted by Gasteiger charge is -2.27. The maximum absolute atomic E-state index is 12.4. The summed E-state index contributed by atoms with van der Waals surface area (Å²) in [6.45, 7) is 7.40. The lowest BCUT2D eigenvalue weighted by atomic mass is 10.2. The van der Waals surface area contributed by atoms with Gasteiger partial charge in [-0.3, -0.25) is 4.79 Å². The Hall–Kier alpha value is -3.22. The molecule has 7 heteroatoms. The lowest BCUT2D eigenvalue weighted by Crippen LogP contribution is -2.30. The predicted molar refractivity (Wildman–Crippen MR) is 102 cm³/mol. The minimum atomic E-state index is -0.155. The SMILES string of the molecule is CCN(c1ccc(NC(=O)c2ccc(-n3cnnn3)cc2)cc1)C(C)C. The second kappa shape index (κ2) is 7.77. The standard InChI is InChI=1S/C19H22N6O/c1-4-24(14(2)3)17-11-7-16(8-12-17)21-19(26)15-5-9-18(10-6-15)25-13-20-22-23-25/h5-14H,4H2,1-3H3,(H,21,26). The Morgan fingerprint density at radius 1 is 1.12 bits per heavy atom. The third kappa shape index (κ3) is 3.88. The van der Waals surface area contributed by atoms with Gasteiger partial charge in [-0.1, -0.05) is 0 Å². The third-order valence-corrected chi connectivity index (χ3v) is 4.16. The molecular formula is C19H22N6O. The van der Waals surface area contributed by atoms with E-state index in [1.54, 1.807) is 24.3 Å². The van der Waals surface area contributed by atoms with E-state index in [1.807, 2.05) is 24.3 Å². The fourth-order valence-electron chi connectivity index (χ4n) is 2.83. The summed E-state index contributed by atoms with van der Waals surface area (Å²) >= 11 is 0. The Morgan fingerprint density at radius 3 is 2.35 bits per heavy atom. The molecule has 3 rings (SSSR count). The van der Waals surface area contributed by atoms with Gasteiger partial charge in [-0.2, -0.15) is 0 Å². The molecule has 3 aromatic rings. The van der Waals surface area contributed by atoms with Gasteiger partial charge in [0.15, 0.2) is 0 Å². The molecule has 26 heavy (non-hydrogen) atoms. The van der Waals surface area contributed by atoms with Crippen LogP contribution in [0.4, 0.5) is 11.4 Å². The molecule has 0 aliphatic heterocycles. The molecule has 0 aliphatic rings. The summed E-state index contributed by atoms with van der Waals surface area (Å²) in [4.78, 5) is 14.7. The minimum Gasteiger partial charge on any atom is -0.369 e. The van der Waals surface area contributed by atoms with E-state index in [2.05, 4.69) is 46.5 Å². The molecule has 0 fully saturated rings.